The molecule has 160 valence electrons. The number of nitrogens with zero attached hydrogens (tertiary/aromatic N) is 1. The fourth-order valence-electron chi connectivity index (χ4n) is 2.59. The number of rotatable bonds is 4. The van der Waals surface area contributed by atoms with Crippen LogP contribution in [0.15, 0.2) is 53.1 Å². The quantitative estimate of drug-likeness (QED) is 0.464. The summed E-state index contributed by atoms with van der Waals surface area (Å²) in [6, 6.07) is 11.8. The number of aromatic amines is 1. The molecule has 9 heteroatoms. The van der Waals surface area contributed by atoms with Crippen LogP contribution in [0.1, 0.15) is 25.1 Å². The second kappa shape index (κ2) is 9.27. The van der Waals surface area contributed by atoms with Gasteiger partial charge in [-0.15, -0.1) is 0 Å². The molecule has 0 bridgehead atoms. The van der Waals surface area contributed by atoms with Crippen molar-refractivity contribution < 1.29 is 22.7 Å². The third kappa shape index (κ3) is 6.12. The lowest BCUT2D eigenvalue weighted by molar-refractivity contribution is -0.140. The van der Waals surface area contributed by atoms with E-state index in [9.17, 15) is 18.0 Å². The molecule has 0 saturated carbocycles. The summed E-state index contributed by atoms with van der Waals surface area (Å²) < 4.78 is 45.1. The smallest absolute Gasteiger partial charge is 0.432 e. The van der Waals surface area contributed by atoms with Gasteiger partial charge in [-0.25, -0.2) is 4.98 Å². The van der Waals surface area contributed by atoms with Gasteiger partial charge in [-0.1, -0.05) is 27.9 Å². The molecule has 5 nitrogen and oxygen atoms in total. The molecule has 3 aromatic rings. The van der Waals surface area contributed by atoms with Crippen molar-refractivity contribution in [3.05, 3.63) is 64.4 Å². The number of imidazole rings is 1. The van der Waals surface area contributed by atoms with Gasteiger partial charge in [-0.05, 0) is 50.2 Å². The predicted octanol–water partition coefficient (Wildman–Crippen LogP) is 5.64. The van der Waals surface area contributed by atoms with Crippen molar-refractivity contribution in [1.82, 2.24) is 9.97 Å². The molecule has 0 atom stereocenters. The summed E-state index contributed by atoms with van der Waals surface area (Å²) in [6.45, 7) is 3.63. The van der Waals surface area contributed by atoms with E-state index in [0.29, 0.717) is 16.9 Å². The molecule has 31 heavy (non-hydrogen) atoms. The SMILES string of the molecule is CC(C)Oc1ccc(-c2ncc(C(F)(F)F)[nH]2)cc1NC(=O)C#Cc1cccc(Br)c1. The molecule has 0 aliphatic heterocycles. The summed E-state index contributed by atoms with van der Waals surface area (Å²) in [5.74, 6) is 5.02. The number of amides is 1. The Kier molecular flexibility index (Phi) is 6.71. The number of hydrogen-bond donors (Lipinski definition) is 2. The maximum atomic E-state index is 12.9. The first-order chi connectivity index (χ1) is 14.6. The number of alkyl halides is 3. The van der Waals surface area contributed by atoms with Gasteiger partial charge >= 0.3 is 12.1 Å². The van der Waals surface area contributed by atoms with Gasteiger partial charge in [-0.3, -0.25) is 4.79 Å². The van der Waals surface area contributed by atoms with Gasteiger partial charge in [0.1, 0.15) is 17.3 Å². The van der Waals surface area contributed by atoms with Crippen molar-refractivity contribution in [1.29, 1.82) is 0 Å². The molecular weight excluding hydrogens is 475 g/mol. The summed E-state index contributed by atoms with van der Waals surface area (Å²) >= 11 is 3.34. The minimum atomic E-state index is -4.54. The molecule has 0 unspecified atom stereocenters. The van der Waals surface area contributed by atoms with Gasteiger partial charge < -0.3 is 15.0 Å². The van der Waals surface area contributed by atoms with E-state index in [2.05, 4.69) is 43.1 Å². The van der Waals surface area contributed by atoms with Crippen LogP contribution in [0.25, 0.3) is 11.4 Å². The molecule has 0 fully saturated rings. The molecule has 2 aromatic carbocycles. The molecule has 3 rings (SSSR count). The minimum Gasteiger partial charge on any atom is -0.489 e. The van der Waals surface area contributed by atoms with E-state index < -0.39 is 17.8 Å². The van der Waals surface area contributed by atoms with Crippen LogP contribution in [0.4, 0.5) is 18.9 Å². The number of halogens is 4. The Labute approximate surface area is 185 Å². The van der Waals surface area contributed by atoms with Crippen molar-refractivity contribution in [2.45, 2.75) is 26.1 Å². The average Bonchev–Trinajstić information content (AvgIpc) is 3.18. The molecule has 0 aliphatic carbocycles. The molecule has 2 N–H and O–H groups in total. The van der Waals surface area contributed by atoms with Crippen molar-refractivity contribution in [3.8, 4) is 29.0 Å². The van der Waals surface area contributed by atoms with E-state index in [0.717, 1.165) is 10.7 Å². The Bertz CT molecular complexity index is 1160. The summed E-state index contributed by atoms with van der Waals surface area (Å²) in [4.78, 5) is 18.4. The second-order valence-electron chi connectivity index (χ2n) is 6.74. The van der Waals surface area contributed by atoms with Crippen molar-refractivity contribution in [2.24, 2.45) is 0 Å². The summed E-state index contributed by atoms with van der Waals surface area (Å²) in [5, 5.41) is 2.63. The molecular formula is C22H17BrF3N3O2. The molecule has 1 amide bonds. The van der Waals surface area contributed by atoms with Crippen LogP contribution in [0, 0.1) is 11.8 Å². The minimum absolute atomic E-state index is 0.0131. The highest BCUT2D eigenvalue weighted by Gasteiger charge is 2.33. The first-order valence-corrected chi connectivity index (χ1v) is 9.93. The van der Waals surface area contributed by atoms with Gasteiger partial charge in [0.05, 0.1) is 18.0 Å². The molecule has 0 aliphatic rings. The van der Waals surface area contributed by atoms with E-state index in [1.807, 2.05) is 19.9 Å². The average molecular weight is 492 g/mol. The number of H-pyrrole nitrogens is 1. The third-order valence-corrected chi connectivity index (χ3v) is 4.38. The second-order valence-corrected chi connectivity index (χ2v) is 7.65. The highest BCUT2D eigenvalue weighted by atomic mass is 79.9. The first-order valence-electron chi connectivity index (χ1n) is 9.13. The molecule has 1 heterocycles. The van der Waals surface area contributed by atoms with Crippen molar-refractivity contribution in [2.75, 3.05) is 5.32 Å². The Morgan fingerprint density at radius 3 is 2.65 bits per heavy atom. The number of ether oxygens (including phenoxy) is 1. The summed E-state index contributed by atoms with van der Waals surface area (Å²) in [7, 11) is 0. The van der Waals surface area contributed by atoms with Crippen LogP contribution >= 0.6 is 15.9 Å². The highest BCUT2D eigenvalue weighted by Crippen LogP contribution is 2.33. The Hall–Kier alpha value is -3.25. The number of aromatic nitrogens is 2. The van der Waals surface area contributed by atoms with E-state index in [-0.39, 0.29) is 17.6 Å². The zero-order valence-corrected chi connectivity index (χ0v) is 18.1. The summed E-state index contributed by atoms with van der Waals surface area (Å²) in [5.41, 5.74) is 0.300. The topological polar surface area (TPSA) is 67.0 Å². The van der Waals surface area contributed by atoms with Crippen LogP contribution in [0.2, 0.25) is 0 Å². The van der Waals surface area contributed by atoms with E-state index in [4.69, 9.17) is 4.74 Å². The van der Waals surface area contributed by atoms with Crippen LogP contribution in [0.3, 0.4) is 0 Å². The van der Waals surface area contributed by atoms with Crippen molar-refractivity contribution >= 4 is 27.5 Å². The van der Waals surface area contributed by atoms with Gasteiger partial charge in [0, 0.05) is 21.5 Å². The number of anilines is 1. The molecule has 1 aromatic heterocycles. The van der Waals surface area contributed by atoms with Crippen LogP contribution in [-0.4, -0.2) is 22.0 Å². The fraction of sp³-hybridized carbons (Fsp3) is 0.182. The molecule has 0 radical (unpaired) electrons. The predicted molar refractivity (Wildman–Crippen MR) is 114 cm³/mol. The maximum Gasteiger partial charge on any atom is 0.432 e. The van der Waals surface area contributed by atoms with Gasteiger partial charge in [0.2, 0.25) is 0 Å². The Balaban J connectivity index is 1.89. The lowest BCUT2D eigenvalue weighted by Crippen LogP contribution is -2.13. The monoisotopic (exact) mass is 491 g/mol. The zero-order chi connectivity index (χ0) is 22.6. The van der Waals surface area contributed by atoms with Gasteiger partial charge in [0.15, 0.2) is 0 Å². The fourth-order valence-corrected chi connectivity index (χ4v) is 2.99. The van der Waals surface area contributed by atoms with Crippen LogP contribution < -0.4 is 10.1 Å². The lowest BCUT2D eigenvalue weighted by atomic mass is 10.1. The largest absolute Gasteiger partial charge is 0.489 e. The number of benzene rings is 2. The number of hydrogen-bond acceptors (Lipinski definition) is 3. The van der Waals surface area contributed by atoms with E-state index in [1.165, 1.54) is 6.07 Å². The number of carbonyl (C=O) groups is 1. The van der Waals surface area contributed by atoms with Crippen molar-refractivity contribution in [3.63, 3.8) is 0 Å². The first kappa shape index (κ1) is 22.4. The Morgan fingerprint density at radius 1 is 1.23 bits per heavy atom. The normalized spacial score (nSPS) is 11.1. The van der Waals surface area contributed by atoms with Crippen LogP contribution in [0.5, 0.6) is 5.75 Å². The van der Waals surface area contributed by atoms with Gasteiger partial charge in [-0.2, -0.15) is 13.2 Å². The maximum absolute atomic E-state index is 12.9. The van der Waals surface area contributed by atoms with Crippen LogP contribution in [-0.2, 0) is 11.0 Å². The molecule has 0 spiro atoms. The summed E-state index contributed by atoms with van der Waals surface area (Å²) in [6.07, 6.45) is -4.00. The molecule has 0 saturated heterocycles. The lowest BCUT2D eigenvalue weighted by Gasteiger charge is -2.15. The Morgan fingerprint density at radius 2 is 2.00 bits per heavy atom. The standard InChI is InChI=1S/C22H17BrF3N3O2/c1-13(2)31-18-8-7-15(21-27-12-19(29-21)22(24,25)26)11-17(18)28-20(30)9-6-14-4-3-5-16(23)10-14/h3-5,7-8,10-13H,1-2H3,(H,27,29)(H,28,30). The highest BCUT2D eigenvalue weighted by molar-refractivity contribution is 9.10. The van der Waals surface area contributed by atoms with E-state index >= 15 is 0 Å². The van der Waals surface area contributed by atoms with Gasteiger partial charge in [0.25, 0.3) is 0 Å². The number of carbonyl (C=O) groups excluding carboxylic acids is 1. The zero-order valence-electron chi connectivity index (χ0n) is 16.5. The van der Waals surface area contributed by atoms with E-state index in [1.54, 1.807) is 30.3 Å². The third-order valence-electron chi connectivity index (χ3n) is 3.89. The number of nitrogens with one attached hydrogen (secondary N) is 2.